The van der Waals surface area contributed by atoms with E-state index in [0.717, 1.165) is 31.1 Å². The van der Waals surface area contributed by atoms with E-state index in [4.69, 9.17) is 4.74 Å². The fraction of sp³-hybridized carbons (Fsp3) is 0.692. The second-order valence-corrected chi connectivity index (χ2v) is 5.23. The van der Waals surface area contributed by atoms with Crippen LogP contribution >= 0.6 is 0 Å². The lowest BCUT2D eigenvalue weighted by molar-refractivity contribution is 0.157. The van der Waals surface area contributed by atoms with Crippen LogP contribution in [-0.2, 0) is 4.74 Å². The Labute approximate surface area is 109 Å². The van der Waals surface area contributed by atoms with E-state index in [1.54, 1.807) is 7.11 Å². The largest absolute Gasteiger partial charge is 0.385 e. The highest BCUT2D eigenvalue weighted by Crippen LogP contribution is 2.21. The van der Waals surface area contributed by atoms with Gasteiger partial charge in [-0.25, -0.2) is 4.98 Å². The van der Waals surface area contributed by atoms with E-state index >= 15 is 0 Å². The third-order valence-corrected chi connectivity index (χ3v) is 2.81. The number of nitrogens with one attached hydrogen (secondary N) is 2. The van der Waals surface area contributed by atoms with Crippen molar-refractivity contribution >= 4 is 11.8 Å². The minimum Gasteiger partial charge on any atom is -0.385 e. The first-order chi connectivity index (χ1) is 8.46. The molecule has 0 radical (unpaired) electrons. The van der Waals surface area contributed by atoms with Crippen molar-refractivity contribution in [2.75, 3.05) is 37.9 Å². The minimum absolute atomic E-state index is 0.175. The van der Waals surface area contributed by atoms with E-state index < -0.39 is 0 Å². The minimum atomic E-state index is 0.175. The van der Waals surface area contributed by atoms with Crippen molar-refractivity contribution in [1.82, 2.24) is 9.97 Å². The monoisotopic (exact) mass is 252 g/mol. The highest BCUT2D eigenvalue weighted by atomic mass is 16.5. The quantitative estimate of drug-likeness (QED) is 0.780. The Kier molecular flexibility index (Phi) is 5.34. The average molecular weight is 252 g/mol. The van der Waals surface area contributed by atoms with E-state index in [0.29, 0.717) is 5.95 Å². The smallest absolute Gasteiger partial charge is 0.224 e. The molecule has 0 aliphatic heterocycles. The molecule has 0 amide bonds. The number of hydrogen-bond acceptors (Lipinski definition) is 5. The molecule has 0 spiro atoms. The molecule has 18 heavy (non-hydrogen) atoms. The molecule has 102 valence electrons. The number of nitrogens with zero attached hydrogens (tertiary/aromatic N) is 2. The summed E-state index contributed by atoms with van der Waals surface area (Å²) in [5, 5.41) is 6.32. The van der Waals surface area contributed by atoms with Crippen LogP contribution in [0, 0.1) is 12.3 Å². The molecule has 1 aromatic rings. The van der Waals surface area contributed by atoms with Crippen LogP contribution in [0.5, 0.6) is 0 Å². The van der Waals surface area contributed by atoms with E-state index in [-0.39, 0.29) is 5.41 Å². The van der Waals surface area contributed by atoms with Crippen LogP contribution in [0.4, 0.5) is 11.8 Å². The summed E-state index contributed by atoms with van der Waals surface area (Å²) in [6.07, 6.45) is 1.01. The van der Waals surface area contributed by atoms with Gasteiger partial charge in [0.15, 0.2) is 0 Å². The number of hydrogen-bond donors (Lipinski definition) is 2. The Morgan fingerprint density at radius 2 is 2.06 bits per heavy atom. The van der Waals surface area contributed by atoms with Gasteiger partial charge >= 0.3 is 0 Å². The van der Waals surface area contributed by atoms with Crippen molar-refractivity contribution < 1.29 is 4.74 Å². The van der Waals surface area contributed by atoms with Gasteiger partial charge in [0, 0.05) is 39.1 Å². The highest BCUT2D eigenvalue weighted by molar-refractivity contribution is 5.41. The highest BCUT2D eigenvalue weighted by Gasteiger charge is 2.17. The van der Waals surface area contributed by atoms with Gasteiger partial charge in [0.05, 0.1) is 0 Å². The molecule has 0 aromatic carbocycles. The molecule has 0 saturated carbocycles. The Hall–Kier alpha value is -1.36. The number of anilines is 2. The first-order valence-electron chi connectivity index (χ1n) is 6.23. The van der Waals surface area contributed by atoms with Gasteiger partial charge in [-0.05, 0) is 18.8 Å². The number of rotatable bonds is 7. The van der Waals surface area contributed by atoms with Crippen molar-refractivity contribution in [3.05, 3.63) is 11.8 Å². The van der Waals surface area contributed by atoms with Crippen molar-refractivity contribution in [1.29, 1.82) is 0 Å². The number of ether oxygens (including phenoxy) is 1. The Balaban J connectivity index is 2.59. The summed E-state index contributed by atoms with van der Waals surface area (Å²) in [4.78, 5) is 8.63. The summed E-state index contributed by atoms with van der Waals surface area (Å²) in [6, 6.07) is 1.95. The molecular weight excluding hydrogens is 228 g/mol. The number of methoxy groups -OCH3 is 1. The summed E-state index contributed by atoms with van der Waals surface area (Å²) >= 11 is 0. The SMILES string of the molecule is CNc1nc(C)cc(NCC(C)(C)CCOC)n1. The zero-order chi connectivity index (χ0) is 13.6. The molecule has 1 aromatic heterocycles. The lowest BCUT2D eigenvalue weighted by atomic mass is 9.90. The molecule has 5 nitrogen and oxygen atoms in total. The Morgan fingerprint density at radius 1 is 1.33 bits per heavy atom. The first kappa shape index (κ1) is 14.7. The van der Waals surface area contributed by atoms with Gasteiger partial charge in [-0.15, -0.1) is 0 Å². The van der Waals surface area contributed by atoms with Crippen LogP contribution in [-0.4, -0.2) is 37.3 Å². The summed E-state index contributed by atoms with van der Waals surface area (Å²) in [7, 11) is 3.55. The molecule has 0 aliphatic rings. The molecular formula is C13H24N4O. The molecule has 2 N–H and O–H groups in total. The maximum atomic E-state index is 5.12. The van der Waals surface area contributed by atoms with Crippen molar-refractivity contribution in [3.8, 4) is 0 Å². The average Bonchev–Trinajstić information content (AvgIpc) is 2.33. The predicted octanol–water partition coefficient (Wildman–Crippen LogP) is 2.30. The van der Waals surface area contributed by atoms with Crippen LogP contribution in [0.1, 0.15) is 26.0 Å². The standard InChI is InChI=1S/C13H24N4O/c1-10-8-11(17-12(14-4)16-10)15-9-13(2,3)6-7-18-5/h8H,6-7,9H2,1-5H3,(H2,14,15,16,17). The zero-order valence-corrected chi connectivity index (χ0v) is 12.0. The van der Waals surface area contributed by atoms with Crippen LogP contribution in [0.2, 0.25) is 0 Å². The Bertz CT molecular complexity index is 379. The van der Waals surface area contributed by atoms with Crippen LogP contribution in [0.25, 0.3) is 0 Å². The van der Waals surface area contributed by atoms with Gasteiger partial charge < -0.3 is 15.4 Å². The fourth-order valence-corrected chi connectivity index (χ4v) is 1.57. The fourth-order valence-electron chi connectivity index (χ4n) is 1.57. The molecule has 0 saturated heterocycles. The van der Waals surface area contributed by atoms with Crippen LogP contribution in [0.15, 0.2) is 6.07 Å². The maximum absolute atomic E-state index is 5.12. The molecule has 0 fully saturated rings. The van der Waals surface area contributed by atoms with Crippen molar-refractivity contribution in [2.45, 2.75) is 27.2 Å². The second-order valence-electron chi connectivity index (χ2n) is 5.23. The second kappa shape index (κ2) is 6.54. The van der Waals surface area contributed by atoms with Gasteiger partial charge in [-0.1, -0.05) is 13.8 Å². The molecule has 5 heteroatoms. The molecule has 0 unspecified atom stereocenters. The van der Waals surface area contributed by atoms with E-state index in [2.05, 4.69) is 34.4 Å². The lowest BCUT2D eigenvalue weighted by Gasteiger charge is -2.25. The number of aryl methyl sites for hydroxylation is 1. The molecule has 0 bridgehead atoms. The molecule has 1 rings (SSSR count). The maximum Gasteiger partial charge on any atom is 0.224 e. The van der Waals surface area contributed by atoms with Crippen molar-refractivity contribution in [3.63, 3.8) is 0 Å². The van der Waals surface area contributed by atoms with Gasteiger partial charge in [0.25, 0.3) is 0 Å². The normalized spacial score (nSPS) is 11.4. The molecule has 0 aliphatic carbocycles. The predicted molar refractivity (Wildman–Crippen MR) is 75.1 cm³/mol. The van der Waals surface area contributed by atoms with E-state index in [1.165, 1.54) is 0 Å². The molecule has 0 atom stereocenters. The first-order valence-corrected chi connectivity index (χ1v) is 6.23. The lowest BCUT2D eigenvalue weighted by Crippen LogP contribution is -2.25. The summed E-state index contributed by atoms with van der Waals surface area (Å²) in [5.41, 5.74) is 1.13. The van der Waals surface area contributed by atoms with E-state index in [1.807, 2.05) is 20.0 Å². The van der Waals surface area contributed by atoms with Gasteiger partial charge in [0.2, 0.25) is 5.95 Å². The van der Waals surface area contributed by atoms with Gasteiger partial charge in [0.1, 0.15) is 5.82 Å². The number of aromatic nitrogens is 2. The topological polar surface area (TPSA) is 59.1 Å². The molecule has 1 heterocycles. The summed E-state index contributed by atoms with van der Waals surface area (Å²) in [5.74, 6) is 1.50. The van der Waals surface area contributed by atoms with E-state index in [9.17, 15) is 0 Å². The third kappa shape index (κ3) is 4.87. The van der Waals surface area contributed by atoms with Crippen LogP contribution in [0.3, 0.4) is 0 Å². The zero-order valence-electron chi connectivity index (χ0n) is 12.0. The van der Waals surface area contributed by atoms with Crippen LogP contribution < -0.4 is 10.6 Å². The van der Waals surface area contributed by atoms with Gasteiger partial charge in [-0.2, -0.15) is 4.98 Å². The van der Waals surface area contributed by atoms with Gasteiger partial charge in [-0.3, -0.25) is 0 Å². The van der Waals surface area contributed by atoms with Crippen molar-refractivity contribution in [2.24, 2.45) is 5.41 Å². The summed E-state index contributed by atoms with van der Waals surface area (Å²) < 4.78 is 5.12. The summed E-state index contributed by atoms with van der Waals surface area (Å²) in [6.45, 7) is 8.02. The Morgan fingerprint density at radius 3 is 2.67 bits per heavy atom. The third-order valence-electron chi connectivity index (χ3n) is 2.81.